The molecular formula is C16H16FN3. The number of nitrogens with one attached hydrogen (secondary N) is 1. The first-order chi connectivity index (χ1) is 9.79. The third kappa shape index (κ3) is 2.30. The van der Waals surface area contributed by atoms with Gasteiger partial charge >= 0.3 is 0 Å². The van der Waals surface area contributed by atoms with E-state index in [0.29, 0.717) is 5.56 Å². The maximum Gasteiger partial charge on any atom is 0.137 e. The first-order valence-electron chi connectivity index (χ1n) is 6.71. The minimum atomic E-state index is -0.216. The van der Waals surface area contributed by atoms with Crippen molar-refractivity contribution in [1.82, 2.24) is 14.7 Å². The number of fused-ring (bicyclic) bond motifs is 1. The third-order valence-electron chi connectivity index (χ3n) is 3.31. The van der Waals surface area contributed by atoms with Gasteiger partial charge in [0, 0.05) is 24.5 Å². The Morgan fingerprint density at radius 1 is 1.25 bits per heavy atom. The van der Waals surface area contributed by atoms with Crippen molar-refractivity contribution in [3.05, 3.63) is 60.2 Å². The quantitative estimate of drug-likeness (QED) is 0.787. The summed E-state index contributed by atoms with van der Waals surface area (Å²) in [5, 5.41) is 3.25. The van der Waals surface area contributed by atoms with E-state index in [1.165, 1.54) is 6.07 Å². The van der Waals surface area contributed by atoms with Gasteiger partial charge < -0.3 is 5.32 Å². The molecule has 0 fully saturated rings. The van der Waals surface area contributed by atoms with E-state index in [9.17, 15) is 4.39 Å². The molecule has 4 heteroatoms. The Bertz CT molecular complexity index is 733. The Balaban J connectivity index is 2.10. The molecule has 0 aliphatic heterocycles. The molecule has 2 aromatic heterocycles. The molecule has 1 aromatic carbocycles. The molecule has 0 radical (unpaired) electrons. The molecular weight excluding hydrogens is 253 g/mol. The van der Waals surface area contributed by atoms with Crippen LogP contribution in [0.25, 0.3) is 16.9 Å². The Morgan fingerprint density at radius 2 is 2.15 bits per heavy atom. The van der Waals surface area contributed by atoms with Gasteiger partial charge in [-0.05, 0) is 36.4 Å². The van der Waals surface area contributed by atoms with Crippen LogP contribution in [0.2, 0.25) is 0 Å². The highest BCUT2D eigenvalue weighted by Gasteiger charge is 2.09. The second kappa shape index (κ2) is 5.43. The van der Waals surface area contributed by atoms with Crippen LogP contribution >= 0.6 is 0 Å². The third-order valence-corrected chi connectivity index (χ3v) is 3.31. The van der Waals surface area contributed by atoms with Crippen molar-refractivity contribution in [3.8, 4) is 11.3 Å². The number of imidazole rings is 1. The van der Waals surface area contributed by atoms with Crippen LogP contribution in [0.15, 0.2) is 48.8 Å². The molecule has 3 aromatic rings. The van der Waals surface area contributed by atoms with Crippen molar-refractivity contribution in [2.45, 2.75) is 13.5 Å². The van der Waals surface area contributed by atoms with E-state index in [2.05, 4.69) is 17.2 Å². The standard InChI is InChI=1S/C16H16FN3/c1-2-18-11-12-6-7-14(17)13(10-12)15-4-3-5-16-19-8-9-20(15)16/h3-10,18H,2,11H2,1H3. The van der Waals surface area contributed by atoms with Crippen molar-refractivity contribution >= 4 is 5.65 Å². The molecule has 0 aliphatic rings. The van der Waals surface area contributed by atoms with Crippen molar-refractivity contribution < 1.29 is 4.39 Å². The molecule has 20 heavy (non-hydrogen) atoms. The number of benzene rings is 1. The number of aromatic nitrogens is 2. The maximum absolute atomic E-state index is 14.2. The molecule has 0 bridgehead atoms. The topological polar surface area (TPSA) is 29.3 Å². The van der Waals surface area contributed by atoms with Gasteiger partial charge in [-0.3, -0.25) is 4.40 Å². The molecule has 0 aliphatic carbocycles. The van der Waals surface area contributed by atoms with Gasteiger partial charge in [-0.2, -0.15) is 0 Å². The average Bonchev–Trinajstić information content (AvgIpc) is 2.95. The Morgan fingerprint density at radius 3 is 3.00 bits per heavy atom. The summed E-state index contributed by atoms with van der Waals surface area (Å²) in [6.45, 7) is 3.68. The van der Waals surface area contributed by atoms with Crippen molar-refractivity contribution in [3.63, 3.8) is 0 Å². The van der Waals surface area contributed by atoms with E-state index in [1.54, 1.807) is 6.20 Å². The maximum atomic E-state index is 14.2. The lowest BCUT2D eigenvalue weighted by Gasteiger charge is -2.09. The van der Waals surface area contributed by atoms with Gasteiger partial charge in [0.05, 0.1) is 5.69 Å². The monoisotopic (exact) mass is 269 g/mol. The van der Waals surface area contributed by atoms with Gasteiger partial charge in [-0.25, -0.2) is 9.37 Å². The van der Waals surface area contributed by atoms with Crippen LogP contribution in [-0.2, 0) is 6.54 Å². The fourth-order valence-corrected chi connectivity index (χ4v) is 2.32. The smallest absolute Gasteiger partial charge is 0.137 e. The largest absolute Gasteiger partial charge is 0.313 e. The molecule has 0 amide bonds. The van der Waals surface area contributed by atoms with Crippen molar-refractivity contribution in [2.75, 3.05) is 6.54 Å². The lowest BCUT2D eigenvalue weighted by Crippen LogP contribution is -2.11. The first-order valence-corrected chi connectivity index (χ1v) is 6.71. The number of nitrogens with zero attached hydrogens (tertiary/aromatic N) is 2. The number of rotatable bonds is 4. The first kappa shape index (κ1) is 12.8. The summed E-state index contributed by atoms with van der Waals surface area (Å²) in [5.41, 5.74) is 3.30. The molecule has 2 heterocycles. The molecule has 3 rings (SSSR count). The summed E-state index contributed by atoms with van der Waals surface area (Å²) in [7, 11) is 0. The van der Waals surface area contributed by atoms with Crippen LogP contribution in [-0.4, -0.2) is 15.9 Å². The van der Waals surface area contributed by atoms with E-state index < -0.39 is 0 Å². The van der Waals surface area contributed by atoms with E-state index in [4.69, 9.17) is 0 Å². The predicted molar refractivity (Wildman–Crippen MR) is 78.0 cm³/mol. The summed E-state index contributed by atoms with van der Waals surface area (Å²) in [4.78, 5) is 4.23. The molecule has 0 unspecified atom stereocenters. The Kier molecular flexibility index (Phi) is 3.48. The van der Waals surface area contributed by atoms with Gasteiger partial charge in [0.25, 0.3) is 0 Å². The Labute approximate surface area is 117 Å². The average molecular weight is 269 g/mol. The zero-order valence-corrected chi connectivity index (χ0v) is 11.3. The van der Waals surface area contributed by atoms with Crippen LogP contribution in [0.4, 0.5) is 4.39 Å². The summed E-state index contributed by atoms with van der Waals surface area (Å²) < 4.78 is 16.1. The second-order valence-corrected chi connectivity index (χ2v) is 4.66. The number of hydrogen-bond acceptors (Lipinski definition) is 2. The van der Waals surface area contributed by atoms with Crippen LogP contribution in [0.1, 0.15) is 12.5 Å². The predicted octanol–water partition coefficient (Wildman–Crippen LogP) is 3.25. The number of hydrogen-bond donors (Lipinski definition) is 1. The molecule has 0 spiro atoms. The van der Waals surface area contributed by atoms with Crippen molar-refractivity contribution in [1.29, 1.82) is 0 Å². The molecule has 0 saturated carbocycles. The van der Waals surface area contributed by atoms with Crippen molar-refractivity contribution in [2.24, 2.45) is 0 Å². The zero-order chi connectivity index (χ0) is 13.9. The molecule has 102 valence electrons. The minimum absolute atomic E-state index is 0.216. The van der Waals surface area contributed by atoms with Crippen LogP contribution in [0.3, 0.4) is 0 Å². The van der Waals surface area contributed by atoms with Gasteiger partial charge in [0.1, 0.15) is 11.5 Å². The highest BCUT2D eigenvalue weighted by molar-refractivity contribution is 5.65. The van der Waals surface area contributed by atoms with E-state index >= 15 is 0 Å². The highest BCUT2D eigenvalue weighted by atomic mass is 19.1. The van der Waals surface area contributed by atoms with Gasteiger partial charge in [0.2, 0.25) is 0 Å². The zero-order valence-electron chi connectivity index (χ0n) is 11.3. The van der Waals surface area contributed by atoms with E-state index in [0.717, 1.165) is 30.0 Å². The summed E-state index contributed by atoms with van der Waals surface area (Å²) >= 11 is 0. The lowest BCUT2D eigenvalue weighted by atomic mass is 10.1. The number of pyridine rings is 1. The van der Waals surface area contributed by atoms with E-state index in [1.807, 2.05) is 40.9 Å². The normalized spacial score (nSPS) is 11.1. The van der Waals surface area contributed by atoms with Crippen LogP contribution < -0.4 is 5.32 Å². The summed E-state index contributed by atoms with van der Waals surface area (Å²) in [6, 6.07) is 10.9. The van der Waals surface area contributed by atoms with Gasteiger partial charge in [0.15, 0.2) is 0 Å². The summed E-state index contributed by atoms with van der Waals surface area (Å²) in [5.74, 6) is -0.216. The highest BCUT2D eigenvalue weighted by Crippen LogP contribution is 2.24. The fraction of sp³-hybridized carbons (Fsp3) is 0.188. The van der Waals surface area contributed by atoms with E-state index in [-0.39, 0.29) is 5.82 Å². The van der Waals surface area contributed by atoms with Gasteiger partial charge in [-0.15, -0.1) is 0 Å². The van der Waals surface area contributed by atoms with Crippen LogP contribution in [0, 0.1) is 5.82 Å². The summed E-state index contributed by atoms with van der Waals surface area (Å²) in [6.07, 6.45) is 3.57. The molecule has 0 saturated heterocycles. The Hall–Kier alpha value is -2.20. The lowest BCUT2D eigenvalue weighted by molar-refractivity contribution is 0.628. The second-order valence-electron chi connectivity index (χ2n) is 4.66. The minimum Gasteiger partial charge on any atom is -0.313 e. The number of halogens is 1. The fourth-order valence-electron chi connectivity index (χ4n) is 2.32. The van der Waals surface area contributed by atoms with Crippen LogP contribution in [0.5, 0.6) is 0 Å². The molecule has 1 N–H and O–H groups in total. The SMILES string of the molecule is CCNCc1ccc(F)c(-c2cccc3nccn23)c1. The molecule has 0 atom stereocenters. The molecule has 3 nitrogen and oxygen atoms in total. The van der Waals surface area contributed by atoms with Gasteiger partial charge in [-0.1, -0.05) is 19.1 Å².